The van der Waals surface area contributed by atoms with Crippen LogP contribution in [0.3, 0.4) is 0 Å². The fourth-order valence-corrected chi connectivity index (χ4v) is 9.52. The van der Waals surface area contributed by atoms with Crippen LogP contribution in [0.15, 0.2) is 121 Å². The molecule has 3 nitrogen and oxygen atoms in total. The van der Waals surface area contributed by atoms with E-state index in [9.17, 15) is 4.21 Å². The molecule has 242 valence electrons. The summed E-state index contributed by atoms with van der Waals surface area (Å²) in [5.41, 5.74) is 5.32. The fraction of sp³-hybridized carbons (Fsp3) is 0.286. The van der Waals surface area contributed by atoms with Gasteiger partial charge in [0.25, 0.3) is 0 Å². The third-order valence-corrected chi connectivity index (χ3v) is 13.1. The highest BCUT2D eigenvalue weighted by molar-refractivity contribution is 7.84. The van der Waals surface area contributed by atoms with Crippen LogP contribution in [0, 0.1) is 0 Å². The molecule has 6 rings (SSSR count). The molecule has 0 aromatic heterocycles. The second-order valence-corrected chi connectivity index (χ2v) is 19.1. The highest BCUT2D eigenvalue weighted by Gasteiger charge is 2.39. The van der Waals surface area contributed by atoms with Gasteiger partial charge in [-0.05, 0) is 55.8 Å². The van der Waals surface area contributed by atoms with Crippen molar-refractivity contribution in [2.24, 2.45) is 0 Å². The van der Waals surface area contributed by atoms with Crippen molar-refractivity contribution in [1.29, 1.82) is 0 Å². The van der Waals surface area contributed by atoms with Crippen LogP contribution in [-0.4, -0.2) is 8.96 Å². The van der Waals surface area contributed by atoms with Crippen LogP contribution in [0.25, 0.3) is 0 Å². The largest absolute Gasteiger partial charge is 0.456 e. The number of para-hydroxylation sites is 2. The number of rotatable bonds is 7. The Morgan fingerprint density at radius 2 is 1.19 bits per heavy atom. The smallest absolute Gasteiger partial charge is 0.139 e. The van der Waals surface area contributed by atoms with Crippen LogP contribution in [0.1, 0.15) is 89.2 Å². The van der Waals surface area contributed by atoms with E-state index in [1.807, 2.05) is 20.8 Å². The van der Waals surface area contributed by atoms with Gasteiger partial charge in [-0.2, -0.15) is 0 Å². The van der Waals surface area contributed by atoms with Gasteiger partial charge in [0.15, 0.2) is 0 Å². The van der Waals surface area contributed by atoms with Crippen molar-refractivity contribution in [3.8, 4) is 11.5 Å². The highest BCUT2D eigenvalue weighted by atomic mass is 32.2. The molecule has 5 aromatic rings. The van der Waals surface area contributed by atoms with E-state index >= 15 is 0 Å². The van der Waals surface area contributed by atoms with Gasteiger partial charge in [0.05, 0.1) is 21.8 Å². The van der Waals surface area contributed by atoms with E-state index in [0.29, 0.717) is 0 Å². The molecule has 0 fully saturated rings. The lowest BCUT2D eigenvalue weighted by Gasteiger charge is -2.38. The second-order valence-electron chi connectivity index (χ2n) is 14.9. The minimum absolute atomic E-state index is 0.0324. The first-order valence-electron chi connectivity index (χ1n) is 16.4. The summed E-state index contributed by atoms with van der Waals surface area (Å²) in [5.74, 6) is 1.77. The van der Waals surface area contributed by atoms with Gasteiger partial charge < -0.3 is 4.74 Å². The van der Waals surface area contributed by atoms with Crippen molar-refractivity contribution >= 4 is 34.8 Å². The number of fused-ring (bicyclic) bond motifs is 2. The Balaban J connectivity index is 1.54. The van der Waals surface area contributed by atoms with Crippen molar-refractivity contribution < 1.29 is 8.95 Å². The molecule has 1 aliphatic rings. The standard InChI is InChI=1S/C42H46NO2PS/c1-40(2,3)30-27-25-29(26-28-30)37(43-47(44)41(4,5)6)33-21-15-22-34-38(33)45-39-35(42(34,7)8)23-16-24-36(39)46(31-17-11-9-12-18-31)32-19-13-10-14-20-32/h9-28,37,43H,1-8H3. The normalized spacial score (nSPS) is 15.3. The first-order valence-corrected chi connectivity index (χ1v) is 18.9. The Morgan fingerprint density at radius 1 is 0.660 bits per heavy atom. The molecule has 5 aromatic carbocycles. The lowest BCUT2D eigenvalue weighted by molar-refractivity contribution is 0.413. The summed E-state index contributed by atoms with van der Waals surface area (Å²) in [6.07, 6.45) is 0. The van der Waals surface area contributed by atoms with Crippen LogP contribution in [0.2, 0.25) is 0 Å². The Labute approximate surface area is 285 Å². The third kappa shape index (κ3) is 6.61. The Morgan fingerprint density at radius 3 is 1.72 bits per heavy atom. The summed E-state index contributed by atoms with van der Waals surface area (Å²) in [7, 11) is -2.21. The summed E-state index contributed by atoms with van der Waals surface area (Å²) in [6.45, 7) is 17.3. The second kappa shape index (κ2) is 12.8. The number of nitrogens with one attached hydrogen (secondary N) is 1. The lowest BCUT2D eigenvalue weighted by atomic mass is 9.74. The van der Waals surface area contributed by atoms with E-state index in [1.54, 1.807) is 0 Å². The number of benzene rings is 5. The monoisotopic (exact) mass is 659 g/mol. The molecule has 0 amide bonds. The van der Waals surface area contributed by atoms with Crippen molar-refractivity contribution in [1.82, 2.24) is 4.72 Å². The maximum atomic E-state index is 13.8. The average molecular weight is 660 g/mol. The van der Waals surface area contributed by atoms with Gasteiger partial charge in [0, 0.05) is 27.4 Å². The molecule has 0 saturated carbocycles. The predicted molar refractivity (Wildman–Crippen MR) is 202 cm³/mol. The SMILES string of the molecule is CC(C)(C)c1ccc(C(NS(=O)C(C)(C)C)c2cccc3c2Oc2c(P(c4ccccc4)c4ccccc4)cccc2C3(C)C)cc1. The molecule has 0 radical (unpaired) electrons. The first kappa shape index (κ1) is 33.3. The number of hydrogen-bond acceptors (Lipinski definition) is 2. The summed E-state index contributed by atoms with van der Waals surface area (Å²) < 4.78 is 24.1. The highest BCUT2D eigenvalue weighted by Crippen LogP contribution is 2.52. The van der Waals surface area contributed by atoms with Gasteiger partial charge in [-0.25, -0.2) is 8.93 Å². The summed E-state index contributed by atoms with van der Waals surface area (Å²) in [6, 6.07) is 43.1. The Bertz CT molecular complexity index is 1850. The first-order chi connectivity index (χ1) is 22.3. The van der Waals surface area contributed by atoms with Crippen molar-refractivity contribution in [3.63, 3.8) is 0 Å². The van der Waals surface area contributed by atoms with E-state index < -0.39 is 23.7 Å². The molecular weight excluding hydrogens is 614 g/mol. The van der Waals surface area contributed by atoms with Crippen LogP contribution >= 0.6 is 7.92 Å². The van der Waals surface area contributed by atoms with E-state index in [2.05, 4.69) is 161 Å². The van der Waals surface area contributed by atoms with E-state index in [0.717, 1.165) is 28.2 Å². The van der Waals surface area contributed by atoms with Gasteiger partial charge in [0.2, 0.25) is 0 Å². The third-order valence-electron chi connectivity index (χ3n) is 9.06. The van der Waals surface area contributed by atoms with Crippen molar-refractivity contribution in [2.75, 3.05) is 0 Å². The van der Waals surface area contributed by atoms with Gasteiger partial charge in [-0.15, -0.1) is 0 Å². The van der Waals surface area contributed by atoms with Crippen LogP contribution < -0.4 is 25.4 Å². The number of ether oxygens (including phenoxy) is 1. The molecule has 2 atom stereocenters. The lowest BCUT2D eigenvalue weighted by Crippen LogP contribution is -2.37. The molecule has 0 bridgehead atoms. The molecule has 0 spiro atoms. The molecule has 1 aliphatic heterocycles. The molecule has 5 heteroatoms. The van der Waals surface area contributed by atoms with Crippen LogP contribution in [0.5, 0.6) is 11.5 Å². The zero-order chi connectivity index (χ0) is 33.6. The minimum Gasteiger partial charge on any atom is -0.456 e. The van der Waals surface area contributed by atoms with Crippen LogP contribution in [-0.2, 0) is 21.8 Å². The number of hydrogen-bond donors (Lipinski definition) is 1. The molecule has 0 aliphatic carbocycles. The maximum absolute atomic E-state index is 13.8. The zero-order valence-corrected chi connectivity index (χ0v) is 30.5. The molecule has 1 N–H and O–H groups in total. The molecular formula is C42H46NO2PS. The minimum atomic E-state index is -1.32. The Kier molecular flexibility index (Phi) is 9.09. The van der Waals surface area contributed by atoms with E-state index in [4.69, 9.17) is 4.74 Å². The molecule has 2 unspecified atom stereocenters. The quantitative estimate of drug-likeness (QED) is 0.177. The van der Waals surface area contributed by atoms with Crippen molar-refractivity contribution in [2.45, 2.75) is 77.0 Å². The maximum Gasteiger partial charge on any atom is 0.139 e. The van der Waals surface area contributed by atoms with Crippen LogP contribution in [0.4, 0.5) is 0 Å². The van der Waals surface area contributed by atoms with Crippen molar-refractivity contribution in [3.05, 3.63) is 149 Å². The van der Waals surface area contributed by atoms with Gasteiger partial charge >= 0.3 is 0 Å². The summed E-state index contributed by atoms with van der Waals surface area (Å²) >= 11 is 0. The van der Waals surface area contributed by atoms with Gasteiger partial charge in [-0.1, -0.05) is 156 Å². The molecule has 0 saturated heterocycles. The molecule has 1 heterocycles. The van der Waals surface area contributed by atoms with E-state index in [-0.39, 0.29) is 16.9 Å². The van der Waals surface area contributed by atoms with Gasteiger partial charge in [0.1, 0.15) is 11.5 Å². The fourth-order valence-electron chi connectivity index (χ4n) is 6.29. The molecule has 47 heavy (non-hydrogen) atoms. The summed E-state index contributed by atoms with van der Waals surface area (Å²) in [4.78, 5) is 0. The summed E-state index contributed by atoms with van der Waals surface area (Å²) in [5, 5.41) is 3.75. The van der Waals surface area contributed by atoms with Gasteiger partial charge in [-0.3, -0.25) is 0 Å². The topological polar surface area (TPSA) is 38.3 Å². The zero-order valence-electron chi connectivity index (χ0n) is 28.8. The van der Waals surface area contributed by atoms with E-state index in [1.165, 1.54) is 27.0 Å². The predicted octanol–water partition coefficient (Wildman–Crippen LogP) is 9.32. The Hall–Kier alpha value is -3.56. The average Bonchev–Trinajstić information content (AvgIpc) is 3.04.